The molecule has 4 heteroatoms. The summed E-state index contributed by atoms with van der Waals surface area (Å²) >= 11 is 0. The number of hydrogen-bond donors (Lipinski definition) is 1. The van der Waals surface area contributed by atoms with Gasteiger partial charge in [-0.3, -0.25) is 0 Å². The number of anilines is 1. The molecule has 1 aliphatic rings. The third kappa shape index (κ3) is 2.95. The van der Waals surface area contributed by atoms with Crippen LogP contribution in [0.5, 0.6) is 5.75 Å². The SMILES string of the molecule is NC1CCN(c2c(OCCF)ccc3ccccc23)CC1. The van der Waals surface area contributed by atoms with E-state index in [0.717, 1.165) is 42.8 Å². The van der Waals surface area contributed by atoms with Gasteiger partial charge >= 0.3 is 0 Å². The number of benzene rings is 2. The van der Waals surface area contributed by atoms with E-state index in [1.807, 2.05) is 24.3 Å². The van der Waals surface area contributed by atoms with Gasteiger partial charge < -0.3 is 15.4 Å². The van der Waals surface area contributed by atoms with Crippen molar-refractivity contribution in [3.05, 3.63) is 36.4 Å². The van der Waals surface area contributed by atoms with E-state index in [9.17, 15) is 4.39 Å². The molecule has 112 valence electrons. The second kappa shape index (κ2) is 6.31. The highest BCUT2D eigenvalue weighted by atomic mass is 19.1. The Morgan fingerprint density at radius 3 is 2.67 bits per heavy atom. The number of alkyl halides is 1. The largest absolute Gasteiger partial charge is 0.489 e. The van der Waals surface area contributed by atoms with E-state index in [4.69, 9.17) is 10.5 Å². The molecule has 0 radical (unpaired) electrons. The van der Waals surface area contributed by atoms with Crippen LogP contribution in [0.4, 0.5) is 10.1 Å². The Morgan fingerprint density at radius 1 is 1.14 bits per heavy atom. The highest BCUT2D eigenvalue weighted by Crippen LogP contribution is 2.37. The van der Waals surface area contributed by atoms with Gasteiger partial charge in [0, 0.05) is 24.5 Å². The zero-order valence-corrected chi connectivity index (χ0v) is 12.1. The Hall–Kier alpha value is -1.81. The number of ether oxygens (including phenoxy) is 1. The van der Waals surface area contributed by atoms with Crippen molar-refractivity contribution in [1.82, 2.24) is 0 Å². The summed E-state index contributed by atoms with van der Waals surface area (Å²) in [6, 6.07) is 12.5. The van der Waals surface area contributed by atoms with Crippen molar-refractivity contribution in [2.45, 2.75) is 18.9 Å². The first-order valence-corrected chi connectivity index (χ1v) is 7.50. The summed E-state index contributed by atoms with van der Waals surface area (Å²) in [7, 11) is 0. The summed E-state index contributed by atoms with van der Waals surface area (Å²) in [6.07, 6.45) is 1.96. The number of rotatable bonds is 4. The Labute approximate surface area is 124 Å². The highest BCUT2D eigenvalue weighted by Gasteiger charge is 2.21. The predicted molar refractivity (Wildman–Crippen MR) is 84.8 cm³/mol. The van der Waals surface area contributed by atoms with Gasteiger partial charge in [-0.15, -0.1) is 0 Å². The minimum atomic E-state index is -0.475. The van der Waals surface area contributed by atoms with Gasteiger partial charge in [-0.05, 0) is 24.3 Å². The third-order valence-corrected chi connectivity index (χ3v) is 4.05. The fraction of sp³-hybridized carbons (Fsp3) is 0.412. The van der Waals surface area contributed by atoms with E-state index in [1.165, 1.54) is 5.39 Å². The van der Waals surface area contributed by atoms with Gasteiger partial charge in [0.15, 0.2) is 0 Å². The van der Waals surface area contributed by atoms with Crippen LogP contribution in [0.2, 0.25) is 0 Å². The Bertz CT molecular complexity index is 609. The Balaban J connectivity index is 2.02. The minimum absolute atomic E-state index is 0.0959. The number of hydrogen-bond acceptors (Lipinski definition) is 3. The van der Waals surface area contributed by atoms with Crippen LogP contribution in [0.25, 0.3) is 10.8 Å². The van der Waals surface area contributed by atoms with Crippen molar-refractivity contribution in [3.63, 3.8) is 0 Å². The second-order valence-corrected chi connectivity index (χ2v) is 5.50. The molecule has 2 N–H and O–H groups in total. The lowest BCUT2D eigenvalue weighted by atomic mass is 10.0. The maximum absolute atomic E-state index is 12.5. The molecule has 3 rings (SSSR count). The molecule has 0 aromatic heterocycles. The minimum Gasteiger partial charge on any atom is -0.489 e. The average Bonchev–Trinajstić information content (AvgIpc) is 2.53. The smallest absolute Gasteiger partial charge is 0.143 e. The van der Waals surface area contributed by atoms with Crippen LogP contribution in [0.3, 0.4) is 0 Å². The summed E-state index contributed by atoms with van der Waals surface area (Å²) in [5, 5.41) is 2.33. The number of piperidine rings is 1. The summed E-state index contributed by atoms with van der Waals surface area (Å²) in [4.78, 5) is 2.32. The molecule has 0 bridgehead atoms. The maximum atomic E-state index is 12.5. The number of nitrogens with two attached hydrogens (primary N) is 1. The molecule has 2 aromatic rings. The van der Waals surface area contributed by atoms with Crippen molar-refractivity contribution in [1.29, 1.82) is 0 Å². The molecule has 1 saturated heterocycles. The first-order chi connectivity index (χ1) is 10.3. The van der Waals surface area contributed by atoms with Gasteiger partial charge in [-0.2, -0.15) is 0 Å². The Morgan fingerprint density at radius 2 is 1.90 bits per heavy atom. The maximum Gasteiger partial charge on any atom is 0.143 e. The molecule has 1 fully saturated rings. The molecule has 0 spiro atoms. The summed E-state index contributed by atoms with van der Waals surface area (Å²) < 4.78 is 18.1. The molecular weight excluding hydrogens is 267 g/mol. The van der Waals surface area contributed by atoms with Gasteiger partial charge in [-0.1, -0.05) is 30.3 Å². The molecule has 0 amide bonds. The van der Waals surface area contributed by atoms with Crippen molar-refractivity contribution in [2.75, 3.05) is 31.3 Å². The molecule has 0 unspecified atom stereocenters. The highest BCUT2D eigenvalue weighted by molar-refractivity contribution is 5.97. The summed E-state index contributed by atoms with van der Waals surface area (Å²) in [5.74, 6) is 0.766. The molecule has 21 heavy (non-hydrogen) atoms. The summed E-state index contributed by atoms with van der Waals surface area (Å²) in [5.41, 5.74) is 7.08. The van der Waals surface area contributed by atoms with E-state index in [1.54, 1.807) is 0 Å². The van der Waals surface area contributed by atoms with E-state index in [-0.39, 0.29) is 12.6 Å². The fourth-order valence-corrected chi connectivity index (χ4v) is 2.95. The van der Waals surface area contributed by atoms with Crippen LogP contribution < -0.4 is 15.4 Å². The fourth-order valence-electron chi connectivity index (χ4n) is 2.95. The molecule has 1 heterocycles. The zero-order chi connectivity index (χ0) is 14.7. The van der Waals surface area contributed by atoms with Gasteiger partial charge in [0.1, 0.15) is 19.0 Å². The lowest BCUT2D eigenvalue weighted by Crippen LogP contribution is -2.39. The van der Waals surface area contributed by atoms with E-state index < -0.39 is 6.67 Å². The molecule has 1 aliphatic heterocycles. The molecule has 0 aliphatic carbocycles. The second-order valence-electron chi connectivity index (χ2n) is 5.50. The van der Waals surface area contributed by atoms with Gasteiger partial charge in [0.05, 0.1) is 5.69 Å². The first-order valence-electron chi connectivity index (χ1n) is 7.50. The van der Waals surface area contributed by atoms with Crippen LogP contribution in [0.1, 0.15) is 12.8 Å². The van der Waals surface area contributed by atoms with Crippen LogP contribution >= 0.6 is 0 Å². The molecule has 2 aromatic carbocycles. The quantitative estimate of drug-likeness (QED) is 0.939. The number of nitrogens with zero attached hydrogens (tertiary/aromatic N) is 1. The van der Waals surface area contributed by atoms with E-state index >= 15 is 0 Å². The van der Waals surface area contributed by atoms with Crippen molar-refractivity contribution in [2.24, 2.45) is 5.73 Å². The van der Waals surface area contributed by atoms with Gasteiger partial charge in [-0.25, -0.2) is 4.39 Å². The van der Waals surface area contributed by atoms with Crippen LogP contribution in [0, 0.1) is 0 Å². The monoisotopic (exact) mass is 288 g/mol. The van der Waals surface area contributed by atoms with Crippen LogP contribution in [-0.2, 0) is 0 Å². The Kier molecular flexibility index (Phi) is 4.25. The third-order valence-electron chi connectivity index (χ3n) is 4.05. The topological polar surface area (TPSA) is 38.5 Å². The predicted octanol–water partition coefficient (Wildman–Crippen LogP) is 3.12. The van der Waals surface area contributed by atoms with Gasteiger partial charge in [0.2, 0.25) is 0 Å². The molecule has 3 nitrogen and oxygen atoms in total. The van der Waals surface area contributed by atoms with E-state index in [0.29, 0.717) is 0 Å². The number of fused-ring (bicyclic) bond motifs is 1. The molecule has 0 atom stereocenters. The van der Waals surface area contributed by atoms with Crippen molar-refractivity contribution >= 4 is 16.5 Å². The van der Waals surface area contributed by atoms with Crippen molar-refractivity contribution < 1.29 is 9.13 Å². The average molecular weight is 288 g/mol. The lowest BCUT2D eigenvalue weighted by Gasteiger charge is -2.34. The first kappa shape index (κ1) is 14.1. The summed E-state index contributed by atoms with van der Waals surface area (Å²) in [6.45, 7) is 1.46. The zero-order valence-electron chi connectivity index (χ0n) is 12.1. The normalized spacial score (nSPS) is 16.4. The van der Waals surface area contributed by atoms with Crippen LogP contribution in [-0.4, -0.2) is 32.4 Å². The van der Waals surface area contributed by atoms with Crippen molar-refractivity contribution in [3.8, 4) is 5.75 Å². The molecule has 0 saturated carbocycles. The molecular formula is C17H21FN2O. The van der Waals surface area contributed by atoms with Crippen LogP contribution in [0.15, 0.2) is 36.4 Å². The standard InChI is InChI=1S/C17H21FN2O/c18-9-12-21-16-6-5-13-3-1-2-4-15(13)17(16)20-10-7-14(19)8-11-20/h1-6,14H,7-12,19H2. The lowest BCUT2D eigenvalue weighted by molar-refractivity contribution is 0.273. The number of halogens is 1. The van der Waals surface area contributed by atoms with Gasteiger partial charge in [0.25, 0.3) is 0 Å². The van der Waals surface area contributed by atoms with E-state index in [2.05, 4.69) is 17.0 Å².